The maximum Gasteiger partial charge on any atom is 0.320 e. The smallest absolute Gasteiger partial charge is 0.320 e. The van der Waals surface area contributed by atoms with Crippen molar-refractivity contribution < 1.29 is 14.3 Å². The van der Waals surface area contributed by atoms with Gasteiger partial charge in [-0.05, 0) is 20.3 Å². The molecule has 1 rings (SSSR count). The van der Waals surface area contributed by atoms with Crippen molar-refractivity contribution in [1.82, 2.24) is 10.2 Å². The van der Waals surface area contributed by atoms with Gasteiger partial charge in [0.1, 0.15) is 0 Å². The number of hydrogen-bond acceptors (Lipinski definition) is 4. The second-order valence-corrected chi connectivity index (χ2v) is 4.02. The van der Waals surface area contributed by atoms with Crippen molar-refractivity contribution in [2.75, 3.05) is 20.1 Å². The zero-order chi connectivity index (χ0) is 11.4. The molecule has 1 unspecified atom stereocenters. The van der Waals surface area contributed by atoms with E-state index in [0.29, 0.717) is 0 Å². The fourth-order valence-corrected chi connectivity index (χ4v) is 1.52. The number of carbonyl (C=O) groups excluding carboxylic acids is 2. The van der Waals surface area contributed by atoms with Gasteiger partial charge in [-0.1, -0.05) is 0 Å². The first-order valence-corrected chi connectivity index (χ1v) is 5.18. The molecule has 5 nitrogen and oxygen atoms in total. The number of likely N-dealkylation sites (N-methyl/N-ethyl adjacent to an activating group) is 1. The van der Waals surface area contributed by atoms with E-state index in [1.165, 1.54) is 0 Å². The SMILES string of the molecule is CC(C)OC(=O)CNC1CCN(C)C1=O. The molecule has 1 N–H and O–H groups in total. The van der Waals surface area contributed by atoms with E-state index >= 15 is 0 Å². The van der Waals surface area contributed by atoms with Crippen LogP contribution in [0.4, 0.5) is 0 Å². The van der Waals surface area contributed by atoms with E-state index in [9.17, 15) is 9.59 Å². The van der Waals surface area contributed by atoms with E-state index in [0.717, 1.165) is 13.0 Å². The maximum absolute atomic E-state index is 11.5. The first kappa shape index (κ1) is 12.0. The van der Waals surface area contributed by atoms with Gasteiger partial charge in [0.15, 0.2) is 0 Å². The molecule has 0 aromatic heterocycles. The molecule has 1 aliphatic heterocycles. The fraction of sp³-hybridized carbons (Fsp3) is 0.800. The fourth-order valence-electron chi connectivity index (χ4n) is 1.52. The van der Waals surface area contributed by atoms with Crippen molar-refractivity contribution in [2.45, 2.75) is 32.4 Å². The second kappa shape index (κ2) is 5.11. The number of hydrogen-bond donors (Lipinski definition) is 1. The molecule has 0 bridgehead atoms. The number of nitrogens with zero attached hydrogens (tertiary/aromatic N) is 1. The van der Waals surface area contributed by atoms with Gasteiger partial charge in [-0.25, -0.2) is 0 Å². The van der Waals surface area contributed by atoms with E-state index in [1.807, 2.05) is 0 Å². The van der Waals surface area contributed by atoms with E-state index in [4.69, 9.17) is 4.74 Å². The van der Waals surface area contributed by atoms with E-state index in [1.54, 1.807) is 25.8 Å². The third-order valence-electron chi connectivity index (χ3n) is 2.29. The Hall–Kier alpha value is -1.10. The molecule has 0 aromatic rings. The van der Waals surface area contributed by atoms with Crippen molar-refractivity contribution in [1.29, 1.82) is 0 Å². The zero-order valence-electron chi connectivity index (χ0n) is 9.45. The van der Waals surface area contributed by atoms with Gasteiger partial charge in [-0.3, -0.25) is 14.9 Å². The number of nitrogens with one attached hydrogen (secondary N) is 1. The molecule has 1 fully saturated rings. The molecule has 0 aliphatic carbocycles. The average molecular weight is 214 g/mol. The van der Waals surface area contributed by atoms with Crippen LogP contribution in [0.15, 0.2) is 0 Å². The summed E-state index contributed by atoms with van der Waals surface area (Å²) in [7, 11) is 1.76. The predicted octanol–water partition coefficient (Wildman–Crippen LogP) is -0.242. The summed E-state index contributed by atoms with van der Waals surface area (Å²) >= 11 is 0. The molecule has 0 saturated carbocycles. The summed E-state index contributed by atoms with van der Waals surface area (Å²) in [6.07, 6.45) is 0.644. The first-order valence-electron chi connectivity index (χ1n) is 5.18. The number of likely N-dealkylation sites (tertiary alicyclic amines) is 1. The summed E-state index contributed by atoms with van der Waals surface area (Å²) < 4.78 is 4.95. The Morgan fingerprint density at radius 1 is 1.67 bits per heavy atom. The molecule has 86 valence electrons. The summed E-state index contributed by atoms with van der Waals surface area (Å²) in [6, 6.07) is -0.227. The van der Waals surface area contributed by atoms with Crippen LogP contribution < -0.4 is 5.32 Å². The minimum Gasteiger partial charge on any atom is -0.462 e. The zero-order valence-corrected chi connectivity index (χ0v) is 9.45. The number of rotatable bonds is 4. The Kier molecular flexibility index (Phi) is 4.08. The van der Waals surface area contributed by atoms with Crippen LogP contribution in [-0.2, 0) is 14.3 Å². The highest BCUT2D eigenvalue weighted by atomic mass is 16.5. The summed E-state index contributed by atoms with van der Waals surface area (Å²) in [5, 5.41) is 2.90. The van der Waals surface area contributed by atoms with Gasteiger partial charge in [0, 0.05) is 13.6 Å². The summed E-state index contributed by atoms with van der Waals surface area (Å²) in [4.78, 5) is 24.3. The van der Waals surface area contributed by atoms with Crippen LogP contribution in [0.2, 0.25) is 0 Å². The Morgan fingerprint density at radius 3 is 2.80 bits per heavy atom. The lowest BCUT2D eigenvalue weighted by molar-refractivity contribution is -0.146. The topological polar surface area (TPSA) is 58.6 Å². The van der Waals surface area contributed by atoms with Crippen molar-refractivity contribution >= 4 is 11.9 Å². The summed E-state index contributed by atoms with van der Waals surface area (Å²) in [5.41, 5.74) is 0. The molecular weight excluding hydrogens is 196 g/mol. The molecule has 1 heterocycles. The lowest BCUT2D eigenvalue weighted by Gasteiger charge is -2.12. The van der Waals surface area contributed by atoms with Crippen LogP contribution >= 0.6 is 0 Å². The second-order valence-electron chi connectivity index (χ2n) is 4.02. The van der Waals surface area contributed by atoms with E-state index in [-0.39, 0.29) is 30.6 Å². The predicted molar refractivity (Wildman–Crippen MR) is 55.3 cm³/mol. The van der Waals surface area contributed by atoms with Crippen LogP contribution in [-0.4, -0.2) is 49.1 Å². The Bertz CT molecular complexity index is 253. The van der Waals surface area contributed by atoms with Crippen molar-refractivity contribution in [3.63, 3.8) is 0 Å². The molecular formula is C10H18N2O3. The Balaban J connectivity index is 2.26. The van der Waals surface area contributed by atoms with Crippen LogP contribution in [0.3, 0.4) is 0 Å². The summed E-state index contributed by atoms with van der Waals surface area (Å²) in [6.45, 7) is 4.44. The lowest BCUT2D eigenvalue weighted by atomic mass is 10.2. The van der Waals surface area contributed by atoms with Gasteiger partial charge >= 0.3 is 5.97 Å². The van der Waals surface area contributed by atoms with E-state index < -0.39 is 0 Å². The molecule has 1 saturated heterocycles. The highest BCUT2D eigenvalue weighted by Gasteiger charge is 2.28. The monoisotopic (exact) mass is 214 g/mol. The van der Waals surface area contributed by atoms with Crippen LogP contribution in [0.5, 0.6) is 0 Å². The normalized spacial score (nSPS) is 21.2. The third kappa shape index (κ3) is 3.51. The van der Waals surface area contributed by atoms with E-state index in [2.05, 4.69) is 5.32 Å². The van der Waals surface area contributed by atoms with Gasteiger partial charge in [-0.15, -0.1) is 0 Å². The number of amides is 1. The average Bonchev–Trinajstić information content (AvgIpc) is 2.44. The van der Waals surface area contributed by atoms with Gasteiger partial charge < -0.3 is 9.64 Å². The molecule has 0 spiro atoms. The molecule has 5 heteroatoms. The number of ether oxygens (including phenoxy) is 1. The van der Waals surface area contributed by atoms with Gasteiger partial charge in [0.05, 0.1) is 18.7 Å². The van der Waals surface area contributed by atoms with Crippen molar-refractivity contribution in [3.05, 3.63) is 0 Å². The molecule has 15 heavy (non-hydrogen) atoms. The number of carbonyl (C=O) groups is 2. The molecule has 0 radical (unpaired) electrons. The third-order valence-corrected chi connectivity index (χ3v) is 2.29. The van der Waals surface area contributed by atoms with Crippen LogP contribution in [0.25, 0.3) is 0 Å². The summed E-state index contributed by atoms with van der Waals surface area (Å²) in [5.74, 6) is -0.264. The molecule has 1 atom stereocenters. The molecule has 1 amide bonds. The minimum absolute atomic E-state index is 0.0485. The van der Waals surface area contributed by atoms with Gasteiger partial charge in [0.2, 0.25) is 5.91 Å². The number of esters is 1. The van der Waals surface area contributed by atoms with Crippen LogP contribution in [0, 0.1) is 0 Å². The van der Waals surface area contributed by atoms with Crippen LogP contribution in [0.1, 0.15) is 20.3 Å². The first-order chi connectivity index (χ1) is 7.00. The molecule has 1 aliphatic rings. The maximum atomic E-state index is 11.5. The highest BCUT2D eigenvalue weighted by Crippen LogP contribution is 2.07. The minimum atomic E-state index is -0.313. The van der Waals surface area contributed by atoms with Gasteiger partial charge in [-0.2, -0.15) is 0 Å². The highest BCUT2D eigenvalue weighted by molar-refractivity contribution is 5.84. The standard InChI is InChI=1S/C10H18N2O3/c1-7(2)15-9(13)6-11-8-4-5-12(3)10(8)14/h7-8,11H,4-6H2,1-3H3. The largest absolute Gasteiger partial charge is 0.462 e. The lowest BCUT2D eigenvalue weighted by Crippen LogP contribution is -2.40. The Morgan fingerprint density at radius 2 is 2.33 bits per heavy atom. The molecule has 0 aromatic carbocycles. The van der Waals surface area contributed by atoms with Crippen molar-refractivity contribution in [2.24, 2.45) is 0 Å². The Labute approximate surface area is 89.8 Å². The quantitative estimate of drug-likeness (QED) is 0.656. The van der Waals surface area contributed by atoms with Crippen molar-refractivity contribution in [3.8, 4) is 0 Å². The van der Waals surface area contributed by atoms with Gasteiger partial charge in [0.25, 0.3) is 0 Å².